The van der Waals surface area contributed by atoms with E-state index in [0.717, 1.165) is 12.8 Å². The number of carbonyl (C=O) groups excluding carboxylic acids is 1. The maximum atomic E-state index is 11.2. The van der Waals surface area contributed by atoms with Crippen LogP contribution in [-0.2, 0) is 9.53 Å². The third-order valence-electron chi connectivity index (χ3n) is 2.25. The van der Waals surface area contributed by atoms with Crippen molar-refractivity contribution in [3.8, 4) is 0 Å². The average Bonchev–Trinajstić information content (AvgIpc) is 2.05. The van der Waals surface area contributed by atoms with Crippen molar-refractivity contribution < 1.29 is 9.53 Å². The Labute approximate surface area is 80.8 Å². The first-order valence-corrected chi connectivity index (χ1v) is 4.92. The van der Waals surface area contributed by atoms with Crippen molar-refractivity contribution in [3.05, 3.63) is 0 Å². The van der Waals surface area contributed by atoms with Crippen LogP contribution in [0.2, 0.25) is 0 Å². The molecule has 0 aliphatic heterocycles. The van der Waals surface area contributed by atoms with Gasteiger partial charge in [0, 0.05) is 5.54 Å². The van der Waals surface area contributed by atoms with Crippen LogP contribution in [0.15, 0.2) is 0 Å². The monoisotopic (exact) mass is 187 g/mol. The highest BCUT2D eigenvalue weighted by molar-refractivity contribution is 5.70. The molecule has 13 heavy (non-hydrogen) atoms. The van der Waals surface area contributed by atoms with Crippen LogP contribution in [-0.4, -0.2) is 25.2 Å². The minimum absolute atomic E-state index is 0.110. The molecule has 0 aromatic carbocycles. The number of rotatable bonds is 6. The van der Waals surface area contributed by atoms with Gasteiger partial charge in [-0.1, -0.05) is 13.3 Å². The Kier molecular flexibility index (Phi) is 5.71. The molecule has 0 saturated carbocycles. The van der Waals surface area contributed by atoms with E-state index in [0.29, 0.717) is 13.0 Å². The van der Waals surface area contributed by atoms with Crippen LogP contribution >= 0.6 is 0 Å². The van der Waals surface area contributed by atoms with E-state index in [9.17, 15) is 4.79 Å². The maximum absolute atomic E-state index is 11.2. The summed E-state index contributed by atoms with van der Waals surface area (Å²) in [5.41, 5.74) is -0.110. The molecular weight excluding hydrogens is 166 g/mol. The number of nitrogens with one attached hydrogen (secondary N) is 1. The Morgan fingerprint density at radius 2 is 2.08 bits per heavy atom. The van der Waals surface area contributed by atoms with E-state index in [-0.39, 0.29) is 11.5 Å². The van der Waals surface area contributed by atoms with Crippen molar-refractivity contribution in [2.45, 2.75) is 45.6 Å². The van der Waals surface area contributed by atoms with Gasteiger partial charge in [0.15, 0.2) is 0 Å². The quantitative estimate of drug-likeness (QED) is 0.643. The lowest BCUT2D eigenvalue weighted by atomic mass is 9.92. The zero-order chi connectivity index (χ0) is 10.3. The third-order valence-corrected chi connectivity index (χ3v) is 2.25. The molecule has 78 valence electrons. The van der Waals surface area contributed by atoms with Gasteiger partial charge in [-0.25, -0.2) is 0 Å². The highest BCUT2D eigenvalue weighted by Gasteiger charge is 2.24. The topological polar surface area (TPSA) is 38.3 Å². The highest BCUT2D eigenvalue weighted by Crippen LogP contribution is 2.16. The van der Waals surface area contributed by atoms with E-state index in [1.807, 2.05) is 20.9 Å². The molecule has 1 atom stereocenters. The predicted molar refractivity (Wildman–Crippen MR) is 53.6 cm³/mol. The van der Waals surface area contributed by atoms with Crippen molar-refractivity contribution in [2.24, 2.45) is 0 Å². The fourth-order valence-corrected chi connectivity index (χ4v) is 1.38. The second-order valence-corrected chi connectivity index (χ2v) is 3.54. The Hall–Kier alpha value is -0.570. The second-order valence-electron chi connectivity index (χ2n) is 3.54. The van der Waals surface area contributed by atoms with E-state index in [2.05, 4.69) is 12.2 Å². The van der Waals surface area contributed by atoms with Crippen LogP contribution in [0.5, 0.6) is 0 Å². The third kappa shape index (κ3) is 4.88. The van der Waals surface area contributed by atoms with Gasteiger partial charge in [-0.15, -0.1) is 0 Å². The van der Waals surface area contributed by atoms with Gasteiger partial charge in [-0.3, -0.25) is 4.79 Å². The van der Waals surface area contributed by atoms with Crippen LogP contribution in [0.3, 0.4) is 0 Å². The first kappa shape index (κ1) is 12.4. The summed E-state index contributed by atoms with van der Waals surface area (Å²) < 4.78 is 4.91. The normalized spacial score (nSPS) is 15.1. The van der Waals surface area contributed by atoms with Crippen molar-refractivity contribution in [2.75, 3.05) is 13.7 Å². The van der Waals surface area contributed by atoms with Gasteiger partial charge in [-0.2, -0.15) is 0 Å². The summed E-state index contributed by atoms with van der Waals surface area (Å²) in [7, 11) is 1.88. The zero-order valence-corrected chi connectivity index (χ0v) is 9.14. The van der Waals surface area contributed by atoms with E-state index in [1.165, 1.54) is 0 Å². The number of esters is 1. The molecule has 0 heterocycles. The fraction of sp³-hybridized carbons (Fsp3) is 0.900. The largest absolute Gasteiger partial charge is 0.466 e. The molecule has 3 heteroatoms. The lowest BCUT2D eigenvalue weighted by molar-refractivity contribution is -0.144. The summed E-state index contributed by atoms with van der Waals surface area (Å²) in [6.45, 7) is 6.45. The predicted octanol–water partition coefficient (Wildman–Crippen LogP) is 1.72. The molecule has 1 N–H and O–H groups in total. The lowest BCUT2D eigenvalue weighted by Crippen LogP contribution is -2.42. The van der Waals surface area contributed by atoms with Crippen molar-refractivity contribution >= 4 is 5.97 Å². The highest BCUT2D eigenvalue weighted by atomic mass is 16.5. The fourth-order valence-electron chi connectivity index (χ4n) is 1.38. The zero-order valence-electron chi connectivity index (χ0n) is 9.14. The molecule has 0 saturated heterocycles. The average molecular weight is 187 g/mol. The first-order valence-electron chi connectivity index (χ1n) is 4.92. The number of ether oxygens (including phenoxy) is 1. The lowest BCUT2D eigenvalue weighted by Gasteiger charge is -2.27. The van der Waals surface area contributed by atoms with Crippen LogP contribution in [0.4, 0.5) is 0 Å². The number of hydrogen-bond donors (Lipinski definition) is 1. The van der Waals surface area contributed by atoms with Gasteiger partial charge in [0.05, 0.1) is 13.0 Å². The molecule has 0 amide bonds. The van der Waals surface area contributed by atoms with Gasteiger partial charge in [0.25, 0.3) is 0 Å². The smallest absolute Gasteiger partial charge is 0.307 e. The van der Waals surface area contributed by atoms with Crippen molar-refractivity contribution in [1.82, 2.24) is 5.32 Å². The first-order chi connectivity index (χ1) is 6.08. The summed E-state index contributed by atoms with van der Waals surface area (Å²) in [4.78, 5) is 11.2. The van der Waals surface area contributed by atoms with E-state index in [4.69, 9.17) is 4.74 Å². The summed E-state index contributed by atoms with van der Waals surface area (Å²) >= 11 is 0. The van der Waals surface area contributed by atoms with Gasteiger partial charge < -0.3 is 10.1 Å². The number of hydrogen-bond acceptors (Lipinski definition) is 3. The molecule has 0 rings (SSSR count). The van der Waals surface area contributed by atoms with Gasteiger partial charge >= 0.3 is 5.97 Å². The second kappa shape index (κ2) is 5.97. The van der Waals surface area contributed by atoms with Gasteiger partial charge in [-0.05, 0) is 27.3 Å². The molecular formula is C10H21NO2. The van der Waals surface area contributed by atoms with Crippen LogP contribution < -0.4 is 5.32 Å². The van der Waals surface area contributed by atoms with E-state index >= 15 is 0 Å². The minimum Gasteiger partial charge on any atom is -0.466 e. The molecule has 0 radical (unpaired) electrons. The molecule has 0 bridgehead atoms. The molecule has 0 fully saturated rings. The summed E-state index contributed by atoms with van der Waals surface area (Å²) in [6, 6.07) is 0. The SMILES string of the molecule is CCCC(C)(CC(=O)OCC)NC. The summed E-state index contributed by atoms with van der Waals surface area (Å²) in [5, 5.41) is 3.17. The van der Waals surface area contributed by atoms with E-state index in [1.54, 1.807) is 0 Å². The standard InChI is InChI=1S/C10H21NO2/c1-5-7-10(3,11-4)8-9(12)13-6-2/h11H,5-8H2,1-4H3. The molecule has 1 unspecified atom stereocenters. The van der Waals surface area contributed by atoms with Crippen molar-refractivity contribution in [1.29, 1.82) is 0 Å². The molecule has 0 aromatic rings. The van der Waals surface area contributed by atoms with Crippen LogP contribution in [0.25, 0.3) is 0 Å². The van der Waals surface area contributed by atoms with Gasteiger partial charge in [0.1, 0.15) is 0 Å². The Balaban J connectivity index is 4.02. The summed E-state index contributed by atoms with van der Waals surface area (Å²) in [5.74, 6) is -0.118. The molecule has 0 aliphatic carbocycles. The Bertz CT molecular complexity index is 159. The van der Waals surface area contributed by atoms with Crippen LogP contribution in [0.1, 0.15) is 40.0 Å². The molecule has 3 nitrogen and oxygen atoms in total. The Morgan fingerprint density at radius 3 is 2.46 bits per heavy atom. The molecule has 0 aromatic heterocycles. The Morgan fingerprint density at radius 1 is 1.46 bits per heavy atom. The molecule has 0 aliphatic rings. The molecule has 0 spiro atoms. The minimum atomic E-state index is -0.118. The number of carbonyl (C=O) groups is 1. The van der Waals surface area contributed by atoms with Crippen molar-refractivity contribution in [3.63, 3.8) is 0 Å². The summed E-state index contributed by atoms with van der Waals surface area (Å²) in [6.07, 6.45) is 2.50. The van der Waals surface area contributed by atoms with Crippen LogP contribution in [0, 0.1) is 0 Å². The maximum Gasteiger partial charge on any atom is 0.307 e. The van der Waals surface area contributed by atoms with Gasteiger partial charge in [0.2, 0.25) is 0 Å². The van der Waals surface area contributed by atoms with E-state index < -0.39 is 0 Å².